The summed E-state index contributed by atoms with van der Waals surface area (Å²) in [5, 5.41) is 3.12. The predicted octanol–water partition coefficient (Wildman–Crippen LogP) is 2.85. The Morgan fingerprint density at radius 1 is 1.32 bits per heavy atom. The van der Waals surface area contributed by atoms with Crippen molar-refractivity contribution in [3.05, 3.63) is 29.8 Å². The van der Waals surface area contributed by atoms with E-state index in [9.17, 15) is 4.79 Å². The summed E-state index contributed by atoms with van der Waals surface area (Å²) >= 11 is 0. The summed E-state index contributed by atoms with van der Waals surface area (Å²) in [5.74, 6) is 0.166. The first-order valence-corrected chi connectivity index (χ1v) is 7.04. The Kier molecular flexibility index (Phi) is 3.57. The number of amides is 1. The second-order valence-electron chi connectivity index (χ2n) is 6.40. The molecule has 0 aliphatic heterocycles. The third-order valence-corrected chi connectivity index (χ3v) is 4.33. The summed E-state index contributed by atoms with van der Waals surface area (Å²) in [7, 11) is 0. The standard InChI is InChI=1S/C16H24N2O/c1-4-15(2,3)11-18-14(19)16(9-10-16)12-5-7-13(17)8-6-12/h5-8H,4,9-11,17H2,1-3H3,(H,18,19). The van der Waals surface area contributed by atoms with Gasteiger partial charge in [-0.25, -0.2) is 0 Å². The molecule has 1 fully saturated rings. The fourth-order valence-corrected chi connectivity index (χ4v) is 2.19. The minimum Gasteiger partial charge on any atom is -0.399 e. The van der Waals surface area contributed by atoms with E-state index >= 15 is 0 Å². The number of hydrogen-bond acceptors (Lipinski definition) is 2. The molecule has 0 bridgehead atoms. The minimum absolute atomic E-state index is 0.160. The van der Waals surface area contributed by atoms with Gasteiger partial charge in [-0.2, -0.15) is 0 Å². The average Bonchev–Trinajstić information content (AvgIpc) is 3.18. The number of anilines is 1. The quantitative estimate of drug-likeness (QED) is 0.800. The van der Waals surface area contributed by atoms with E-state index in [0.29, 0.717) is 0 Å². The van der Waals surface area contributed by atoms with Crippen LogP contribution in [-0.4, -0.2) is 12.5 Å². The Bertz CT molecular complexity index is 458. The fourth-order valence-electron chi connectivity index (χ4n) is 2.19. The second-order valence-corrected chi connectivity index (χ2v) is 6.40. The van der Waals surface area contributed by atoms with Gasteiger partial charge in [0, 0.05) is 12.2 Å². The summed E-state index contributed by atoms with van der Waals surface area (Å²) in [6.45, 7) is 7.24. The molecule has 19 heavy (non-hydrogen) atoms. The van der Waals surface area contributed by atoms with Crippen molar-refractivity contribution in [3.8, 4) is 0 Å². The summed E-state index contributed by atoms with van der Waals surface area (Å²) in [6.07, 6.45) is 2.94. The highest BCUT2D eigenvalue weighted by molar-refractivity contribution is 5.91. The summed E-state index contributed by atoms with van der Waals surface area (Å²) in [4.78, 5) is 12.4. The largest absolute Gasteiger partial charge is 0.399 e. The number of nitrogens with one attached hydrogen (secondary N) is 1. The van der Waals surface area contributed by atoms with Crippen LogP contribution in [0.1, 0.15) is 45.6 Å². The van der Waals surface area contributed by atoms with Crippen molar-refractivity contribution in [1.82, 2.24) is 5.32 Å². The summed E-state index contributed by atoms with van der Waals surface area (Å²) in [5.41, 5.74) is 7.40. The van der Waals surface area contributed by atoms with Gasteiger partial charge in [0.15, 0.2) is 0 Å². The molecule has 2 rings (SSSR count). The minimum atomic E-state index is -0.294. The SMILES string of the molecule is CCC(C)(C)CNC(=O)C1(c2ccc(N)cc2)CC1. The van der Waals surface area contributed by atoms with Crippen molar-refractivity contribution < 1.29 is 4.79 Å². The molecule has 0 unspecified atom stereocenters. The zero-order valence-corrected chi connectivity index (χ0v) is 12.1. The smallest absolute Gasteiger partial charge is 0.230 e. The molecule has 0 aromatic heterocycles. The van der Waals surface area contributed by atoms with Crippen molar-refractivity contribution in [2.75, 3.05) is 12.3 Å². The lowest BCUT2D eigenvalue weighted by molar-refractivity contribution is -0.124. The Hall–Kier alpha value is -1.51. The lowest BCUT2D eigenvalue weighted by atomic mass is 9.89. The molecule has 3 N–H and O–H groups in total. The van der Waals surface area contributed by atoms with E-state index in [2.05, 4.69) is 26.1 Å². The van der Waals surface area contributed by atoms with Crippen LogP contribution in [0.2, 0.25) is 0 Å². The first-order valence-electron chi connectivity index (χ1n) is 7.04. The van der Waals surface area contributed by atoms with Gasteiger partial charge in [0.25, 0.3) is 0 Å². The van der Waals surface area contributed by atoms with Crippen molar-refractivity contribution in [1.29, 1.82) is 0 Å². The van der Waals surface area contributed by atoms with Crippen LogP contribution in [-0.2, 0) is 10.2 Å². The molecular weight excluding hydrogens is 236 g/mol. The van der Waals surface area contributed by atoms with E-state index < -0.39 is 0 Å². The van der Waals surface area contributed by atoms with Gasteiger partial charge in [-0.05, 0) is 42.4 Å². The fraction of sp³-hybridized carbons (Fsp3) is 0.562. The summed E-state index contributed by atoms with van der Waals surface area (Å²) < 4.78 is 0. The zero-order valence-electron chi connectivity index (χ0n) is 12.1. The molecule has 0 saturated heterocycles. The van der Waals surface area contributed by atoms with Crippen molar-refractivity contribution in [2.24, 2.45) is 5.41 Å². The molecule has 104 valence electrons. The van der Waals surface area contributed by atoms with E-state index in [1.165, 1.54) is 0 Å². The highest BCUT2D eigenvalue weighted by Crippen LogP contribution is 2.48. The first-order chi connectivity index (χ1) is 8.89. The summed E-state index contributed by atoms with van der Waals surface area (Å²) in [6, 6.07) is 7.71. The molecule has 1 aromatic carbocycles. The van der Waals surface area contributed by atoms with Gasteiger partial charge in [-0.1, -0.05) is 32.9 Å². The molecule has 1 aromatic rings. The number of carbonyl (C=O) groups excluding carboxylic acids is 1. The average molecular weight is 260 g/mol. The second kappa shape index (κ2) is 4.87. The molecule has 3 nitrogen and oxygen atoms in total. The van der Waals surface area contributed by atoms with Crippen LogP contribution in [0.3, 0.4) is 0 Å². The first kappa shape index (κ1) is 13.9. The lowest BCUT2D eigenvalue weighted by Crippen LogP contribution is -2.40. The van der Waals surface area contributed by atoms with Crippen molar-refractivity contribution >= 4 is 11.6 Å². The Labute approximate surface area is 115 Å². The molecule has 1 aliphatic carbocycles. The van der Waals surface area contributed by atoms with Gasteiger partial charge in [-0.15, -0.1) is 0 Å². The third kappa shape index (κ3) is 2.91. The zero-order chi connectivity index (χ0) is 14.1. The van der Waals surface area contributed by atoms with Crippen LogP contribution in [0.25, 0.3) is 0 Å². The lowest BCUT2D eigenvalue weighted by Gasteiger charge is -2.25. The van der Waals surface area contributed by atoms with Crippen LogP contribution in [0.4, 0.5) is 5.69 Å². The molecule has 1 saturated carbocycles. The van der Waals surface area contributed by atoms with E-state index in [4.69, 9.17) is 5.73 Å². The monoisotopic (exact) mass is 260 g/mol. The van der Waals surface area contributed by atoms with Gasteiger partial charge >= 0.3 is 0 Å². The highest BCUT2D eigenvalue weighted by atomic mass is 16.2. The van der Waals surface area contributed by atoms with Crippen LogP contribution >= 0.6 is 0 Å². The van der Waals surface area contributed by atoms with E-state index in [1.807, 2.05) is 24.3 Å². The topological polar surface area (TPSA) is 55.1 Å². The molecule has 1 amide bonds. The highest BCUT2D eigenvalue weighted by Gasteiger charge is 2.51. The van der Waals surface area contributed by atoms with Gasteiger partial charge in [0.2, 0.25) is 5.91 Å². The van der Waals surface area contributed by atoms with Crippen LogP contribution in [0.5, 0.6) is 0 Å². The van der Waals surface area contributed by atoms with E-state index in [0.717, 1.165) is 37.1 Å². The number of carbonyl (C=O) groups is 1. The van der Waals surface area contributed by atoms with Gasteiger partial charge in [-0.3, -0.25) is 4.79 Å². The molecule has 0 spiro atoms. The maximum atomic E-state index is 12.4. The molecule has 0 atom stereocenters. The Balaban J connectivity index is 2.04. The van der Waals surface area contributed by atoms with Crippen LogP contribution < -0.4 is 11.1 Å². The molecular formula is C16H24N2O. The number of nitrogens with two attached hydrogens (primary N) is 1. The number of rotatable bonds is 5. The third-order valence-electron chi connectivity index (χ3n) is 4.33. The van der Waals surface area contributed by atoms with Crippen molar-refractivity contribution in [3.63, 3.8) is 0 Å². The van der Waals surface area contributed by atoms with Crippen molar-refractivity contribution in [2.45, 2.75) is 45.4 Å². The Morgan fingerprint density at radius 2 is 1.89 bits per heavy atom. The maximum Gasteiger partial charge on any atom is 0.230 e. The van der Waals surface area contributed by atoms with Gasteiger partial charge < -0.3 is 11.1 Å². The van der Waals surface area contributed by atoms with Crippen LogP contribution in [0, 0.1) is 5.41 Å². The maximum absolute atomic E-state index is 12.4. The molecule has 0 radical (unpaired) electrons. The number of nitrogen functional groups attached to an aromatic ring is 1. The normalized spacial score (nSPS) is 17.0. The molecule has 0 heterocycles. The number of hydrogen-bond donors (Lipinski definition) is 2. The molecule has 3 heteroatoms. The van der Waals surface area contributed by atoms with E-state index in [-0.39, 0.29) is 16.7 Å². The van der Waals surface area contributed by atoms with Crippen LogP contribution in [0.15, 0.2) is 24.3 Å². The number of benzene rings is 1. The van der Waals surface area contributed by atoms with Gasteiger partial charge in [0.1, 0.15) is 0 Å². The Morgan fingerprint density at radius 3 is 2.37 bits per heavy atom. The van der Waals surface area contributed by atoms with E-state index in [1.54, 1.807) is 0 Å². The van der Waals surface area contributed by atoms with Gasteiger partial charge in [0.05, 0.1) is 5.41 Å². The predicted molar refractivity (Wildman–Crippen MR) is 78.8 cm³/mol. The molecule has 1 aliphatic rings.